The van der Waals surface area contributed by atoms with Crippen molar-refractivity contribution in [3.8, 4) is 0 Å². The Morgan fingerprint density at radius 2 is 1.29 bits per heavy atom. The van der Waals surface area contributed by atoms with Crippen LogP contribution >= 0.6 is 23.2 Å². The summed E-state index contributed by atoms with van der Waals surface area (Å²) in [6.07, 6.45) is -3.67. The highest BCUT2D eigenvalue weighted by molar-refractivity contribution is 6.44. The van der Waals surface area contributed by atoms with E-state index in [1.54, 1.807) is 0 Å². The SMILES string of the molecule is O=C(O)O.O=C(O)O.OOCC(Cl)Cl. The van der Waals surface area contributed by atoms with E-state index >= 15 is 0 Å². The molecule has 0 atom stereocenters. The van der Waals surface area contributed by atoms with Crippen molar-refractivity contribution in [2.75, 3.05) is 6.61 Å². The molecular formula is C4H8Cl2O8. The van der Waals surface area contributed by atoms with Crippen LogP contribution in [0.2, 0.25) is 0 Å². The average molecular weight is 255 g/mol. The topological polar surface area (TPSA) is 145 Å². The third-order valence-electron chi connectivity index (χ3n) is 0.201. The Morgan fingerprint density at radius 3 is 1.29 bits per heavy atom. The van der Waals surface area contributed by atoms with Crippen LogP contribution in [-0.2, 0) is 4.89 Å². The van der Waals surface area contributed by atoms with Gasteiger partial charge in [0, 0.05) is 0 Å². The van der Waals surface area contributed by atoms with Gasteiger partial charge in [-0.2, -0.15) is 0 Å². The van der Waals surface area contributed by atoms with Gasteiger partial charge in [-0.15, -0.1) is 23.2 Å². The minimum absolute atomic E-state index is 0.0386. The predicted octanol–water partition coefficient (Wildman–Crippen LogP) is 1.72. The van der Waals surface area contributed by atoms with E-state index < -0.39 is 17.1 Å². The Kier molecular flexibility index (Phi) is 19.5. The first-order valence-electron chi connectivity index (χ1n) is 2.62. The molecule has 14 heavy (non-hydrogen) atoms. The zero-order valence-electron chi connectivity index (χ0n) is 6.50. The second-order valence-corrected chi connectivity index (χ2v) is 2.53. The fraction of sp³-hybridized carbons (Fsp3) is 0.500. The number of halogens is 2. The van der Waals surface area contributed by atoms with Crippen LogP contribution in [0, 0.1) is 0 Å². The molecule has 0 aromatic carbocycles. The minimum Gasteiger partial charge on any atom is -0.450 e. The Hall–Kier alpha value is -0.960. The van der Waals surface area contributed by atoms with E-state index in [1.807, 2.05) is 0 Å². The van der Waals surface area contributed by atoms with Gasteiger partial charge in [0.05, 0.1) is 0 Å². The molecule has 0 spiro atoms. The van der Waals surface area contributed by atoms with Crippen molar-refractivity contribution in [1.82, 2.24) is 0 Å². The lowest BCUT2D eigenvalue weighted by Gasteiger charge is -1.90. The van der Waals surface area contributed by atoms with Gasteiger partial charge < -0.3 is 20.4 Å². The minimum atomic E-state index is -1.83. The second-order valence-electron chi connectivity index (χ2n) is 1.25. The summed E-state index contributed by atoms with van der Waals surface area (Å²) >= 11 is 10.1. The van der Waals surface area contributed by atoms with Crippen molar-refractivity contribution >= 4 is 35.5 Å². The van der Waals surface area contributed by atoms with Gasteiger partial charge in [0.2, 0.25) is 0 Å². The predicted molar refractivity (Wildman–Crippen MR) is 45.4 cm³/mol. The molecule has 0 saturated carbocycles. The van der Waals surface area contributed by atoms with E-state index in [1.165, 1.54) is 0 Å². The molecule has 0 aromatic heterocycles. The molecule has 10 heteroatoms. The Morgan fingerprint density at radius 1 is 1.07 bits per heavy atom. The molecule has 0 saturated heterocycles. The van der Waals surface area contributed by atoms with Crippen LogP contribution in [0.1, 0.15) is 0 Å². The smallest absolute Gasteiger partial charge is 0.450 e. The van der Waals surface area contributed by atoms with Gasteiger partial charge in [-0.05, 0) is 0 Å². The van der Waals surface area contributed by atoms with Crippen molar-refractivity contribution in [3.63, 3.8) is 0 Å². The number of alkyl halides is 2. The summed E-state index contributed by atoms with van der Waals surface area (Å²) < 4.78 is 0. The summed E-state index contributed by atoms with van der Waals surface area (Å²) in [7, 11) is 0. The van der Waals surface area contributed by atoms with E-state index in [4.69, 9.17) is 58.5 Å². The summed E-state index contributed by atoms with van der Waals surface area (Å²) in [4.78, 5) is 20.0. The number of carboxylic acid groups (broad SMARTS) is 4. The third kappa shape index (κ3) is 267. The number of rotatable bonds is 2. The van der Waals surface area contributed by atoms with Crippen molar-refractivity contribution in [2.45, 2.75) is 4.84 Å². The largest absolute Gasteiger partial charge is 0.503 e. The van der Waals surface area contributed by atoms with Gasteiger partial charge in [-0.25, -0.2) is 14.5 Å². The van der Waals surface area contributed by atoms with E-state index in [-0.39, 0.29) is 6.61 Å². The molecule has 86 valence electrons. The highest BCUT2D eigenvalue weighted by atomic mass is 35.5. The molecule has 0 heterocycles. The van der Waals surface area contributed by atoms with Crippen LogP contribution in [0.15, 0.2) is 0 Å². The molecule has 0 aliphatic rings. The summed E-state index contributed by atoms with van der Waals surface area (Å²) in [5, 5.41) is 35.5. The molecule has 0 aliphatic heterocycles. The average Bonchev–Trinajstić information content (AvgIpc) is 1.82. The van der Waals surface area contributed by atoms with Gasteiger partial charge >= 0.3 is 12.3 Å². The van der Waals surface area contributed by atoms with E-state index in [2.05, 4.69) is 4.89 Å². The summed E-state index contributed by atoms with van der Waals surface area (Å²) in [6, 6.07) is 0. The maximum Gasteiger partial charge on any atom is 0.503 e. The van der Waals surface area contributed by atoms with Crippen LogP contribution in [0.5, 0.6) is 0 Å². The number of hydrogen-bond acceptors (Lipinski definition) is 4. The fourth-order valence-corrected chi connectivity index (χ4v) is 0.169. The lowest BCUT2D eigenvalue weighted by atomic mass is 10.9. The van der Waals surface area contributed by atoms with Crippen molar-refractivity contribution in [2.24, 2.45) is 0 Å². The molecule has 0 amide bonds. The van der Waals surface area contributed by atoms with Gasteiger partial charge in [-0.1, -0.05) is 0 Å². The van der Waals surface area contributed by atoms with Crippen molar-refractivity contribution < 1.29 is 40.2 Å². The van der Waals surface area contributed by atoms with Gasteiger partial charge in [0.25, 0.3) is 0 Å². The summed E-state index contributed by atoms with van der Waals surface area (Å²) in [6.45, 7) is -0.0386. The van der Waals surface area contributed by atoms with Gasteiger partial charge in [0.15, 0.2) is 0 Å². The van der Waals surface area contributed by atoms with Crippen LogP contribution in [-0.4, -0.2) is 49.4 Å². The normalized spacial score (nSPS) is 7.71. The number of hydrogen-bond donors (Lipinski definition) is 5. The highest BCUT2D eigenvalue weighted by Gasteiger charge is 1.93. The lowest BCUT2D eigenvalue weighted by molar-refractivity contribution is -0.238. The van der Waals surface area contributed by atoms with E-state index in [0.29, 0.717) is 0 Å². The van der Waals surface area contributed by atoms with Gasteiger partial charge in [0.1, 0.15) is 11.4 Å². The van der Waals surface area contributed by atoms with Crippen LogP contribution in [0.3, 0.4) is 0 Å². The Labute approximate surface area is 87.8 Å². The Balaban J connectivity index is -0.000000135. The highest BCUT2D eigenvalue weighted by Crippen LogP contribution is 1.98. The quantitative estimate of drug-likeness (QED) is 0.285. The summed E-state index contributed by atoms with van der Waals surface area (Å²) in [5.74, 6) is 0. The van der Waals surface area contributed by atoms with Crippen LogP contribution in [0.25, 0.3) is 0 Å². The molecular weight excluding hydrogens is 247 g/mol. The van der Waals surface area contributed by atoms with E-state index in [9.17, 15) is 0 Å². The molecule has 0 bridgehead atoms. The molecule has 0 aliphatic carbocycles. The van der Waals surface area contributed by atoms with Gasteiger partial charge in [-0.3, -0.25) is 5.26 Å². The maximum atomic E-state index is 8.56. The van der Waals surface area contributed by atoms with Crippen LogP contribution in [0.4, 0.5) is 9.59 Å². The second kappa shape index (κ2) is 14.6. The fourth-order valence-electron chi connectivity index (χ4n) is 0.0563. The zero-order valence-corrected chi connectivity index (χ0v) is 8.01. The molecule has 8 nitrogen and oxygen atoms in total. The molecule has 0 unspecified atom stereocenters. The number of carbonyl (C=O) groups is 2. The molecule has 0 fully saturated rings. The first-order chi connectivity index (χ1) is 6.23. The molecule has 0 aromatic rings. The monoisotopic (exact) mass is 254 g/mol. The standard InChI is InChI=1S/C2H4Cl2O2.2CH2O3/c3-2(4)1-6-5;2*2-1(3)4/h2,5H,1H2;2*(H2,2,3,4). The van der Waals surface area contributed by atoms with Crippen molar-refractivity contribution in [1.29, 1.82) is 0 Å². The third-order valence-corrected chi connectivity index (χ3v) is 0.453. The zero-order chi connectivity index (χ0) is 12.1. The first-order valence-corrected chi connectivity index (χ1v) is 3.49. The maximum absolute atomic E-state index is 8.56. The van der Waals surface area contributed by atoms with E-state index in [0.717, 1.165) is 0 Å². The molecule has 5 N–H and O–H groups in total. The lowest BCUT2D eigenvalue weighted by Crippen LogP contribution is -1.96. The molecule has 0 radical (unpaired) electrons. The van der Waals surface area contributed by atoms with Crippen molar-refractivity contribution in [3.05, 3.63) is 0 Å². The Bertz CT molecular complexity index is 128. The summed E-state index contributed by atoms with van der Waals surface area (Å²) in [5.41, 5.74) is 0. The molecule has 0 rings (SSSR count). The van der Waals surface area contributed by atoms with Crippen LogP contribution < -0.4 is 0 Å². The first kappa shape index (κ1) is 18.8.